The van der Waals surface area contributed by atoms with E-state index in [0.717, 1.165) is 16.3 Å². The van der Waals surface area contributed by atoms with E-state index in [9.17, 15) is 9.90 Å². The summed E-state index contributed by atoms with van der Waals surface area (Å²) in [5.41, 5.74) is 5.74. The van der Waals surface area contributed by atoms with Crippen molar-refractivity contribution in [3.63, 3.8) is 0 Å². The van der Waals surface area contributed by atoms with Crippen LogP contribution in [0.1, 0.15) is 12.5 Å². The SMILES string of the molecule is CC(CN)(Cc1cccc2ccccc12)C(=O)O. The normalized spacial score (nSPS) is 14.3. The van der Waals surface area contributed by atoms with Crippen LogP contribution in [0.25, 0.3) is 10.8 Å². The van der Waals surface area contributed by atoms with E-state index >= 15 is 0 Å². The molecule has 0 aliphatic heterocycles. The van der Waals surface area contributed by atoms with Crippen LogP contribution in [0.3, 0.4) is 0 Å². The maximum Gasteiger partial charge on any atom is 0.310 e. The lowest BCUT2D eigenvalue weighted by atomic mass is 9.82. The first-order valence-corrected chi connectivity index (χ1v) is 5.97. The van der Waals surface area contributed by atoms with Crippen LogP contribution in [-0.2, 0) is 11.2 Å². The van der Waals surface area contributed by atoms with E-state index < -0.39 is 11.4 Å². The summed E-state index contributed by atoms with van der Waals surface area (Å²) in [6.45, 7) is 1.82. The molecule has 0 radical (unpaired) electrons. The third-order valence-corrected chi connectivity index (χ3v) is 3.43. The fourth-order valence-electron chi connectivity index (χ4n) is 2.10. The molecule has 0 bridgehead atoms. The highest BCUT2D eigenvalue weighted by Crippen LogP contribution is 2.27. The molecule has 94 valence electrons. The number of hydrogen-bond acceptors (Lipinski definition) is 2. The summed E-state index contributed by atoms with van der Waals surface area (Å²) in [5.74, 6) is -0.849. The molecular weight excluding hydrogens is 226 g/mol. The number of fused-ring (bicyclic) bond motifs is 1. The van der Waals surface area contributed by atoms with E-state index in [1.165, 1.54) is 0 Å². The molecule has 0 saturated heterocycles. The van der Waals surface area contributed by atoms with Gasteiger partial charge in [-0.05, 0) is 29.7 Å². The van der Waals surface area contributed by atoms with Gasteiger partial charge in [-0.15, -0.1) is 0 Å². The summed E-state index contributed by atoms with van der Waals surface area (Å²) in [4.78, 5) is 11.3. The van der Waals surface area contributed by atoms with Crippen LogP contribution in [0.2, 0.25) is 0 Å². The van der Waals surface area contributed by atoms with Crippen molar-refractivity contribution < 1.29 is 9.90 Å². The Morgan fingerprint density at radius 3 is 2.56 bits per heavy atom. The van der Waals surface area contributed by atoms with E-state index in [0.29, 0.717) is 6.42 Å². The Hall–Kier alpha value is -1.87. The Morgan fingerprint density at radius 2 is 1.89 bits per heavy atom. The zero-order chi connectivity index (χ0) is 13.2. The summed E-state index contributed by atoms with van der Waals surface area (Å²) in [5, 5.41) is 11.5. The average Bonchev–Trinajstić information content (AvgIpc) is 2.39. The molecule has 0 aliphatic rings. The number of carboxylic acid groups (broad SMARTS) is 1. The Kier molecular flexibility index (Phi) is 3.34. The smallest absolute Gasteiger partial charge is 0.310 e. The van der Waals surface area contributed by atoms with Crippen molar-refractivity contribution in [2.45, 2.75) is 13.3 Å². The number of carbonyl (C=O) groups is 1. The van der Waals surface area contributed by atoms with Crippen LogP contribution >= 0.6 is 0 Å². The number of nitrogens with two attached hydrogens (primary N) is 1. The quantitative estimate of drug-likeness (QED) is 0.866. The van der Waals surface area contributed by atoms with Gasteiger partial charge in [0.05, 0.1) is 5.41 Å². The van der Waals surface area contributed by atoms with E-state index in [2.05, 4.69) is 0 Å². The summed E-state index contributed by atoms with van der Waals surface area (Å²) >= 11 is 0. The van der Waals surface area contributed by atoms with Gasteiger partial charge in [0, 0.05) is 6.54 Å². The lowest BCUT2D eigenvalue weighted by molar-refractivity contribution is -0.147. The van der Waals surface area contributed by atoms with Crippen molar-refractivity contribution >= 4 is 16.7 Å². The van der Waals surface area contributed by atoms with Gasteiger partial charge in [0.2, 0.25) is 0 Å². The molecule has 0 aliphatic carbocycles. The second kappa shape index (κ2) is 4.78. The minimum Gasteiger partial charge on any atom is -0.481 e. The Labute approximate surface area is 106 Å². The van der Waals surface area contributed by atoms with Crippen molar-refractivity contribution in [2.24, 2.45) is 11.1 Å². The molecule has 3 nitrogen and oxygen atoms in total. The molecule has 0 fully saturated rings. The summed E-state index contributed by atoms with van der Waals surface area (Å²) < 4.78 is 0. The molecule has 2 aromatic rings. The van der Waals surface area contributed by atoms with Crippen LogP contribution in [-0.4, -0.2) is 17.6 Å². The monoisotopic (exact) mass is 243 g/mol. The molecule has 0 saturated carbocycles. The maximum absolute atomic E-state index is 11.3. The summed E-state index contributed by atoms with van der Waals surface area (Å²) in [6, 6.07) is 13.9. The van der Waals surface area contributed by atoms with Gasteiger partial charge in [-0.3, -0.25) is 4.79 Å². The van der Waals surface area contributed by atoms with E-state index in [1.807, 2.05) is 42.5 Å². The number of rotatable bonds is 4. The molecule has 3 N–H and O–H groups in total. The van der Waals surface area contributed by atoms with E-state index in [-0.39, 0.29) is 6.54 Å². The van der Waals surface area contributed by atoms with Crippen molar-refractivity contribution in [3.05, 3.63) is 48.0 Å². The molecule has 2 aromatic carbocycles. The molecule has 0 heterocycles. The molecule has 18 heavy (non-hydrogen) atoms. The standard InChI is InChI=1S/C15H17NO2/c1-15(10-16,14(17)18)9-12-7-4-6-11-5-2-3-8-13(11)12/h2-8H,9-10,16H2,1H3,(H,17,18). The van der Waals surface area contributed by atoms with Gasteiger partial charge in [-0.25, -0.2) is 0 Å². The Balaban J connectivity index is 2.46. The van der Waals surface area contributed by atoms with Gasteiger partial charge >= 0.3 is 5.97 Å². The second-order valence-electron chi connectivity index (χ2n) is 4.88. The Morgan fingerprint density at radius 1 is 1.22 bits per heavy atom. The lowest BCUT2D eigenvalue weighted by Gasteiger charge is -2.23. The molecule has 3 heteroatoms. The van der Waals surface area contributed by atoms with Gasteiger partial charge in [0.25, 0.3) is 0 Å². The number of carboxylic acids is 1. The zero-order valence-electron chi connectivity index (χ0n) is 10.4. The van der Waals surface area contributed by atoms with Crippen LogP contribution in [0.5, 0.6) is 0 Å². The topological polar surface area (TPSA) is 63.3 Å². The largest absolute Gasteiger partial charge is 0.481 e. The lowest BCUT2D eigenvalue weighted by Crippen LogP contribution is -2.37. The molecule has 1 atom stereocenters. The van der Waals surface area contributed by atoms with Gasteiger partial charge in [-0.1, -0.05) is 42.5 Å². The van der Waals surface area contributed by atoms with E-state index in [1.54, 1.807) is 6.92 Å². The van der Waals surface area contributed by atoms with Crippen LogP contribution < -0.4 is 5.73 Å². The number of aliphatic carboxylic acids is 1. The maximum atomic E-state index is 11.3. The zero-order valence-corrected chi connectivity index (χ0v) is 10.4. The second-order valence-corrected chi connectivity index (χ2v) is 4.88. The highest BCUT2D eigenvalue weighted by molar-refractivity contribution is 5.86. The first-order chi connectivity index (χ1) is 8.57. The highest BCUT2D eigenvalue weighted by atomic mass is 16.4. The molecule has 0 spiro atoms. The van der Waals surface area contributed by atoms with E-state index in [4.69, 9.17) is 5.73 Å². The summed E-state index contributed by atoms with van der Waals surface area (Å²) in [7, 11) is 0. The fourth-order valence-corrected chi connectivity index (χ4v) is 2.10. The first-order valence-electron chi connectivity index (χ1n) is 5.97. The minimum atomic E-state index is -0.913. The summed E-state index contributed by atoms with van der Waals surface area (Å²) in [6.07, 6.45) is 0.445. The van der Waals surface area contributed by atoms with Crippen molar-refractivity contribution in [3.8, 4) is 0 Å². The van der Waals surface area contributed by atoms with Crippen LogP contribution in [0.4, 0.5) is 0 Å². The van der Waals surface area contributed by atoms with Gasteiger partial charge in [0.1, 0.15) is 0 Å². The molecule has 1 unspecified atom stereocenters. The minimum absolute atomic E-state index is 0.131. The van der Waals surface area contributed by atoms with Gasteiger partial charge < -0.3 is 10.8 Å². The van der Waals surface area contributed by atoms with Gasteiger partial charge in [-0.2, -0.15) is 0 Å². The highest BCUT2D eigenvalue weighted by Gasteiger charge is 2.32. The molecule has 2 rings (SSSR count). The third kappa shape index (κ3) is 2.22. The van der Waals surface area contributed by atoms with Gasteiger partial charge in [0.15, 0.2) is 0 Å². The van der Waals surface area contributed by atoms with Crippen molar-refractivity contribution in [2.75, 3.05) is 6.54 Å². The molecular formula is C15H17NO2. The third-order valence-electron chi connectivity index (χ3n) is 3.43. The predicted octanol–water partition coefficient (Wildman–Crippen LogP) is 2.43. The molecule has 0 amide bonds. The van der Waals surface area contributed by atoms with Crippen molar-refractivity contribution in [1.82, 2.24) is 0 Å². The number of hydrogen-bond donors (Lipinski definition) is 2. The Bertz CT molecular complexity index is 574. The fraction of sp³-hybridized carbons (Fsp3) is 0.267. The number of benzene rings is 2. The van der Waals surface area contributed by atoms with Crippen LogP contribution in [0.15, 0.2) is 42.5 Å². The van der Waals surface area contributed by atoms with Crippen LogP contribution in [0, 0.1) is 5.41 Å². The molecule has 0 aromatic heterocycles. The van der Waals surface area contributed by atoms with Crippen molar-refractivity contribution in [1.29, 1.82) is 0 Å². The predicted molar refractivity (Wildman–Crippen MR) is 72.4 cm³/mol. The first kappa shape index (κ1) is 12.6. The average molecular weight is 243 g/mol.